The van der Waals surface area contributed by atoms with Crippen LogP contribution in [-0.2, 0) is 11.3 Å². The van der Waals surface area contributed by atoms with Gasteiger partial charge in [0.25, 0.3) is 11.1 Å². The molecule has 2 amide bonds. The average molecular weight is 570 g/mol. The fourth-order valence-electron chi connectivity index (χ4n) is 4.42. The lowest BCUT2D eigenvalue weighted by molar-refractivity contribution is -0.122. The molecule has 0 bridgehead atoms. The van der Waals surface area contributed by atoms with Crippen LogP contribution in [-0.4, -0.2) is 32.9 Å². The summed E-state index contributed by atoms with van der Waals surface area (Å²) in [6, 6.07) is 24.4. The molecule has 4 aromatic rings. The largest absolute Gasteiger partial charge is 0.340 e. The number of nitriles is 1. The van der Waals surface area contributed by atoms with Gasteiger partial charge < -0.3 is 4.57 Å². The number of ketones is 1. The quantitative estimate of drug-likeness (QED) is 0.194. The Bertz CT molecular complexity index is 1650. The minimum absolute atomic E-state index is 0.275. The van der Waals surface area contributed by atoms with Gasteiger partial charge in [-0.15, -0.1) is 0 Å². The highest BCUT2D eigenvalue weighted by atomic mass is 79.9. The Morgan fingerprint density at radius 1 is 1.03 bits per heavy atom. The van der Waals surface area contributed by atoms with E-state index < -0.39 is 11.1 Å². The van der Waals surface area contributed by atoms with Crippen molar-refractivity contribution < 1.29 is 14.4 Å². The third kappa shape index (κ3) is 4.76. The topological polar surface area (TPSA) is 83.2 Å². The number of imide groups is 1. The molecule has 0 unspecified atom stereocenters. The summed E-state index contributed by atoms with van der Waals surface area (Å²) in [5.41, 5.74) is 4.64. The minimum Gasteiger partial charge on any atom is -0.340 e. The minimum atomic E-state index is -0.480. The number of Topliss-reactive ketones (excluding diaryl/α,β-unsaturated/α-hetero) is 1. The van der Waals surface area contributed by atoms with Gasteiger partial charge in [0.2, 0.25) is 0 Å². The maximum absolute atomic E-state index is 13.2. The van der Waals surface area contributed by atoms with Crippen molar-refractivity contribution in [3.05, 3.63) is 110 Å². The van der Waals surface area contributed by atoms with Gasteiger partial charge in [0.1, 0.15) is 0 Å². The Balaban J connectivity index is 1.48. The van der Waals surface area contributed by atoms with Crippen molar-refractivity contribution in [2.24, 2.45) is 0 Å². The third-order valence-corrected chi connectivity index (χ3v) is 7.80. The van der Waals surface area contributed by atoms with Gasteiger partial charge in [0.15, 0.2) is 5.78 Å². The van der Waals surface area contributed by atoms with E-state index in [4.69, 9.17) is 0 Å². The molecule has 2 heterocycles. The molecular formula is C29H20BrN3O3S. The molecule has 0 radical (unpaired) electrons. The molecule has 182 valence electrons. The summed E-state index contributed by atoms with van der Waals surface area (Å²) in [6.45, 7) is 2.14. The van der Waals surface area contributed by atoms with Gasteiger partial charge in [-0.25, -0.2) is 0 Å². The third-order valence-electron chi connectivity index (χ3n) is 6.36. The van der Waals surface area contributed by atoms with E-state index in [2.05, 4.69) is 26.6 Å². The number of amides is 2. The summed E-state index contributed by atoms with van der Waals surface area (Å²) in [5, 5.41) is 10.00. The van der Waals surface area contributed by atoms with Crippen LogP contribution in [0.2, 0.25) is 0 Å². The van der Waals surface area contributed by atoms with Crippen LogP contribution >= 0.6 is 27.7 Å². The average Bonchev–Trinajstić information content (AvgIpc) is 3.32. The molecule has 0 saturated carbocycles. The lowest BCUT2D eigenvalue weighted by atomic mass is 10.1. The number of hydrogen-bond donors (Lipinski definition) is 0. The molecule has 8 heteroatoms. The van der Waals surface area contributed by atoms with E-state index >= 15 is 0 Å². The van der Waals surface area contributed by atoms with Crippen molar-refractivity contribution in [1.82, 2.24) is 9.47 Å². The Morgan fingerprint density at radius 3 is 2.49 bits per heavy atom. The van der Waals surface area contributed by atoms with Gasteiger partial charge in [-0.2, -0.15) is 5.26 Å². The molecule has 1 fully saturated rings. The Hall–Kier alpha value is -3.93. The number of aromatic nitrogens is 1. The highest BCUT2D eigenvalue weighted by Crippen LogP contribution is 2.36. The zero-order chi connectivity index (χ0) is 26.1. The van der Waals surface area contributed by atoms with Gasteiger partial charge in [0.05, 0.1) is 23.1 Å². The van der Waals surface area contributed by atoms with E-state index in [1.165, 1.54) is 0 Å². The van der Waals surface area contributed by atoms with E-state index in [-0.39, 0.29) is 17.2 Å². The van der Waals surface area contributed by atoms with Gasteiger partial charge in [-0.1, -0.05) is 64.5 Å². The number of rotatable bonds is 6. The van der Waals surface area contributed by atoms with Crippen molar-refractivity contribution in [3.8, 4) is 6.07 Å². The first-order chi connectivity index (χ1) is 17.9. The summed E-state index contributed by atoms with van der Waals surface area (Å²) in [4.78, 5) is 39.9. The first-order valence-electron chi connectivity index (χ1n) is 11.5. The van der Waals surface area contributed by atoms with Crippen LogP contribution in [0.4, 0.5) is 4.79 Å². The Morgan fingerprint density at radius 2 is 1.73 bits per heavy atom. The molecule has 6 nitrogen and oxygen atoms in total. The predicted octanol–water partition coefficient (Wildman–Crippen LogP) is 6.55. The summed E-state index contributed by atoms with van der Waals surface area (Å²) >= 11 is 4.17. The molecule has 0 atom stereocenters. The summed E-state index contributed by atoms with van der Waals surface area (Å²) in [7, 11) is 0. The highest BCUT2D eigenvalue weighted by molar-refractivity contribution is 9.10. The van der Waals surface area contributed by atoms with Gasteiger partial charge in [0, 0.05) is 38.7 Å². The fraction of sp³-hybridized carbons (Fsp3) is 0.103. The number of carbonyl (C=O) groups excluding carboxylic acids is 3. The molecule has 0 aliphatic carbocycles. The van der Waals surface area contributed by atoms with E-state index in [1.807, 2.05) is 49.4 Å². The van der Waals surface area contributed by atoms with Gasteiger partial charge >= 0.3 is 0 Å². The number of nitrogens with zero attached hydrogens (tertiary/aromatic N) is 3. The summed E-state index contributed by atoms with van der Waals surface area (Å²) in [5.74, 6) is -0.786. The SMILES string of the molecule is Cc1c(/C=C2\SC(=O)N(CC(=O)c3ccc(Br)cc3)C2=O)c2ccccc2n1Cc1ccccc1C#N. The van der Waals surface area contributed by atoms with Crippen LogP contribution in [0, 0.1) is 18.3 Å². The smallest absolute Gasteiger partial charge is 0.293 e. The van der Waals surface area contributed by atoms with E-state index in [0.29, 0.717) is 17.7 Å². The first-order valence-corrected chi connectivity index (χ1v) is 13.1. The predicted molar refractivity (Wildman–Crippen MR) is 148 cm³/mol. The van der Waals surface area contributed by atoms with Crippen molar-refractivity contribution >= 4 is 61.6 Å². The van der Waals surface area contributed by atoms with Gasteiger partial charge in [-0.05, 0) is 54.6 Å². The molecule has 1 aliphatic rings. The van der Waals surface area contributed by atoms with Crippen LogP contribution in [0.25, 0.3) is 17.0 Å². The van der Waals surface area contributed by atoms with E-state index in [0.717, 1.165) is 48.9 Å². The molecule has 0 spiro atoms. The van der Waals surface area contributed by atoms with Crippen LogP contribution in [0.15, 0.2) is 82.2 Å². The number of thioether (sulfide) groups is 1. The molecular weight excluding hydrogens is 550 g/mol. The molecule has 1 aromatic heterocycles. The number of fused-ring (bicyclic) bond motifs is 1. The summed E-state index contributed by atoms with van der Waals surface area (Å²) < 4.78 is 2.95. The summed E-state index contributed by atoms with van der Waals surface area (Å²) in [6.07, 6.45) is 1.74. The molecule has 1 aliphatic heterocycles. The van der Waals surface area contributed by atoms with Crippen molar-refractivity contribution in [3.63, 3.8) is 0 Å². The number of hydrogen-bond acceptors (Lipinski definition) is 5. The van der Waals surface area contributed by atoms with Crippen molar-refractivity contribution in [2.45, 2.75) is 13.5 Å². The molecule has 37 heavy (non-hydrogen) atoms. The normalized spacial score (nSPS) is 14.5. The molecule has 0 N–H and O–H groups in total. The zero-order valence-corrected chi connectivity index (χ0v) is 22.2. The number of halogens is 1. The van der Waals surface area contributed by atoms with E-state index in [9.17, 15) is 19.6 Å². The zero-order valence-electron chi connectivity index (χ0n) is 19.8. The molecule has 3 aromatic carbocycles. The van der Waals surface area contributed by atoms with Crippen LogP contribution < -0.4 is 0 Å². The highest BCUT2D eigenvalue weighted by Gasteiger charge is 2.36. The second kappa shape index (κ2) is 10.2. The number of carbonyl (C=O) groups is 3. The number of para-hydroxylation sites is 1. The molecule has 1 saturated heterocycles. The van der Waals surface area contributed by atoms with Crippen molar-refractivity contribution in [1.29, 1.82) is 5.26 Å². The van der Waals surface area contributed by atoms with Crippen LogP contribution in [0.5, 0.6) is 0 Å². The monoisotopic (exact) mass is 569 g/mol. The van der Waals surface area contributed by atoms with Gasteiger partial charge in [-0.3, -0.25) is 19.3 Å². The first kappa shape index (κ1) is 24.8. The number of benzene rings is 3. The second-order valence-electron chi connectivity index (χ2n) is 8.57. The maximum Gasteiger partial charge on any atom is 0.293 e. The second-order valence-corrected chi connectivity index (χ2v) is 10.5. The standard InChI is InChI=1S/C29H20BrN3O3S/c1-18-24(23-8-4-5-9-25(23)32(18)16-21-7-3-2-6-20(21)15-31)14-27-28(35)33(29(36)37-27)17-26(34)19-10-12-22(30)13-11-19/h2-14H,16-17H2,1H3/b27-14-. The van der Waals surface area contributed by atoms with Crippen molar-refractivity contribution in [2.75, 3.05) is 6.54 Å². The maximum atomic E-state index is 13.2. The molecule has 5 rings (SSSR count). The Kier molecular flexibility index (Phi) is 6.83. The van der Waals surface area contributed by atoms with Crippen LogP contribution in [0.1, 0.15) is 32.7 Å². The van der Waals surface area contributed by atoms with Crippen LogP contribution in [0.3, 0.4) is 0 Å². The Labute approximate surface area is 226 Å². The lowest BCUT2D eigenvalue weighted by Gasteiger charge is -2.11. The lowest BCUT2D eigenvalue weighted by Crippen LogP contribution is -2.33. The van der Waals surface area contributed by atoms with E-state index in [1.54, 1.807) is 36.4 Å². The fourth-order valence-corrected chi connectivity index (χ4v) is 5.50.